The molecule has 0 aliphatic carbocycles. The first-order valence-electron chi connectivity index (χ1n) is 11.9. The van der Waals surface area contributed by atoms with Crippen molar-refractivity contribution in [1.82, 2.24) is 15.5 Å². The average molecular weight is 471 g/mol. The smallest absolute Gasteiger partial charge is 0.326 e. The molecule has 1 aliphatic heterocycles. The first kappa shape index (κ1) is 28.8. The normalized spacial score (nSPS) is 18.6. The van der Waals surface area contributed by atoms with Crippen LogP contribution in [0.2, 0.25) is 0 Å². The van der Waals surface area contributed by atoms with Crippen molar-refractivity contribution < 1.29 is 24.3 Å². The number of nitrogens with two attached hydrogens (primary N) is 3. The highest BCUT2D eigenvalue weighted by Crippen LogP contribution is 2.20. The van der Waals surface area contributed by atoms with E-state index < -0.39 is 47.9 Å². The van der Waals surface area contributed by atoms with Gasteiger partial charge < -0.3 is 37.8 Å². The summed E-state index contributed by atoms with van der Waals surface area (Å²) in [6.07, 6.45) is 4.23. The zero-order chi connectivity index (χ0) is 25.0. The van der Waals surface area contributed by atoms with Gasteiger partial charge in [0, 0.05) is 6.54 Å². The van der Waals surface area contributed by atoms with Crippen molar-refractivity contribution in [2.45, 2.75) is 89.4 Å². The number of nitrogens with zero attached hydrogens (tertiary/aromatic N) is 1. The van der Waals surface area contributed by atoms with Crippen LogP contribution in [0.25, 0.3) is 0 Å². The second kappa shape index (κ2) is 14.8. The number of nitrogens with one attached hydrogen (secondary N) is 2. The molecule has 33 heavy (non-hydrogen) atoms. The Kier molecular flexibility index (Phi) is 12.9. The summed E-state index contributed by atoms with van der Waals surface area (Å²) in [5, 5.41) is 14.9. The van der Waals surface area contributed by atoms with Gasteiger partial charge in [0.1, 0.15) is 18.1 Å². The lowest BCUT2D eigenvalue weighted by Gasteiger charge is -2.29. The summed E-state index contributed by atoms with van der Waals surface area (Å²) >= 11 is 0. The van der Waals surface area contributed by atoms with Crippen molar-refractivity contribution in [3.63, 3.8) is 0 Å². The van der Waals surface area contributed by atoms with Gasteiger partial charge in [0.25, 0.3) is 0 Å². The molecule has 3 amide bonds. The third kappa shape index (κ3) is 9.26. The minimum absolute atomic E-state index is 0.105. The minimum atomic E-state index is -1.05. The fourth-order valence-corrected chi connectivity index (χ4v) is 3.84. The molecule has 1 aliphatic rings. The van der Waals surface area contributed by atoms with E-state index in [9.17, 15) is 24.3 Å². The number of unbranched alkanes of at least 4 members (excludes halogenated alkanes) is 2. The van der Waals surface area contributed by atoms with Gasteiger partial charge in [0.15, 0.2) is 0 Å². The molecule has 0 aromatic rings. The molecule has 1 rings (SSSR count). The topological polar surface area (TPSA) is 194 Å². The largest absolute Gasteiger partial charge is 0.480 e. The van der Waals surface area contributed by atoms with Gasteiger partial charge in [-0.2, -0.15) is 0 Å². The van der Waals surface area contributed by atoms with Crippen LogP contribution in [0.4, 0.5) is 0 Å². The van der Waals surface area contributed by atoms with Gasteiger partial charge in [-0.3, -0.25) is 14.4 Å². The summed E-state index contributed by atoms with van der Waals surface area (Å²) < 4.78 is 0. The number of aliphatic carboxylic acids is 1. The van der Waals surface area contributed by atoms with E-state index in [1.54, 1.807) is 0 Å². The lowest BCUT2D eigenvalue weighted by atomic mass is 10.0. The van der Waals surface area contributed by atoms with Gasteiger partial charge in [0.2, 0.25) is 17.7 Å². The fraction of sp³-hybridized carbons (Fsp3) is 0.818. The van der Waals surface area contributed by atoms with Crippen LogP contribution >= 0.6 is 0 Å². The predicted octanol–water partition coefficient (Wildman–Crippen LogP) is -0.727. The van der Waals surface area contributed by atoms with E-state index in [0.717, 1.165) is 0 Å². The molecule has 11 heteroatoms. The van der Waals surface area contributed by atoms with Gasteiger partial charge >= 0.3 is 5.97 Å². The maximum Gasteiger partial charge on any atom is 0.326 e. The number of rotatable bonds is 15. The quantitative estimate of drug-likeness (QED) is 0.169. The van der Waals surface area contributed by atoms with Gasteiger partial charge in [-0.15, -0.1) is 0 Å². The Labute approximate surface area is 196 Å². The molecule has 190 valence electrons. The van der Waals surface area contributed by atoms with Crippen molar-refractivity contribution in [3.05, 3.63) is 0 Å². The van der Waals surface area contributed by atoms with Crippen LogP contribution in [0.3, 0.4) is 0 Å². The lowest BCUT2D eigenvalue weighted by molar-refractivity contribution is -0.149. The van der Waals surface area contributed by atoms with E-state index in [4.69, 9.17) is 17.2 Å². The second-order valence-corrected chi connectivity index (χ2v) is 8.99. The average Bonchev–Trinajstić information content (AvgIpc) is 3.27. The van der Waals surface area contributed by atoms with Crippen LogP contribution in [0, 0.1) is 5.92 Å². The first-order valence-corrected chi connectivity index (χ1v) is 11.9. The molecule has 4 atom stereocenters. The highest BCUT2D eigenvalue weighted by atomic mass is 16.4. The second-order valence-electron chi connectivity index (χ2n) is 8.99. The zero-order valence-corrected chi connectivity index (χ0v) is 19.9. The van der Waals surface area contributed by atoms with Crippen LogP contribution in [0.15, 0.2) is 0 Å². The molecule has 0 radical (unpaired) electrons. The van der Waals surface area contributed by atoms with Crippen molar-refractivity contribution >= 4 is 23.7 Å². The Balaban J connectivity index is 2.98. The molecule has 0 spiro atoms. The molecule has 9 N–H and O–H groups in total. The summed E-state index contributed by atoms with van der Waals surface area (Å²) in [6, 6.07) is -3.42. The Hall–Kier alpha value is -2.24. The number of carboxylic acid groups (broad SMARTS) is 1. The SMILES string of the molecule is CC(C)C(N)C(=O)NC(CCCCN)C(=O)NC(CCCCN)C(=O)N1CCCC1C(=O)O. The monoisotopic (exact) mass is 470 g/mol. The number of likely N-dealkylation sites (tertiary alicyclic amines) is 1. The van der Waals surface area contributed by atoms with E-state index in [2.05, 4.69) is 10.6 Å². The molecule has 4 unspecified atom stereocenters. The van der Waals surface area contributed by atoms with Gasteiger partial charge in [-0.1, -0.05) is 13.8 Å². The number of hydrogen-bond donors (Lipinski definition) is 6. The van der Waals surface area contributed by atoms with Gasteiger partial charge in [-0.25, -0.2) is 4.79 Å². The third-order valence-corrected chi connectivity index (χ3v) is 5.98. The van der Waals surface area contributed by atoms with E-state index in [0.29, 0.717) is 71.0 Å². The number of amides is 3. The number of carbonyl (C=O) groups excluding carboxylic acids is 3. The summed E-state index contributed by atoms with van der Waals surface area (Å²) in [5.74, 6) is -2.51. The molecule has 0 aromatic heterocycles. The molecular weight excluding hydrogens is 428 g/mol. The minimum Gasteiger partial charge on any atom is -0.480 e. The Morgan fingerprint density at radius 3 is 2.00 bits per heavy atom. The molecule has 0 saturated carbocycles. The molecule has 11 nitrogen and oxygen atoms in total. The van der Waals surface area contributed by atoms with Gasteiger partial charge in [-0.05, 0) is 70.4 Å². The van der Waals surface area contributed by atoms with Crippen LogP contribution in [0.5, 0.6) is 0 Å². The lowest BCUT2D eigenvalue weighted by Crippen LogP contribution is -2.57. The highest BCUT2D eigenvalue weighted by molar-refractivity contribution is 5.94. The van der Waals surface area contributed by atoms with Crippen LogP contribution in [-0.2, 0) is 19.2 Å². The van der Waals surface area contributed by atoms with E-state index in [-0.39, 0.29) is 5.92 Å². The zero-order valence-electron chi connectivity index (χ0n) is 19.9. The van der Waals surface area contributed by atoms with Crippen LogP contribution < -0.4 is 27.8 Å². The number of carboxylic acids is 1. The van der Waals surface area contributed by atoms with Crippen LogP contribution in [0.1, 0.15) is 65.2 Å². The molecule has 1 fully saturated rings. The summed E-state index contributed by atoms with van der Waals surface area (Å²) in [6.45, 7) is 4.86. The number of carbonyl (C=O) groups is 4. The summed E-state index contributed by atoms with van der Waals surface area (Å²) in [7, 11) is 0. The van der Waals surface area contributed by atoms with Crippen molar-refractivity contribution in [1.29, 1.82) is 0 Å². The maximum atomic E-state index is 13.2. The van der Waals surface area contributed by atoms with Crippen molar-refractivity contribution in [2.24, 2.45) is 23.1 Å². The van der Waals surface area contributed by atoms with E-state index >= 15 is 0 Å². The van der Waals surface area contributed by atoms with E-state index in [1.165, 1.54) is 4.90 Å². The molecule has 1 heterocycles. The third-order valence-electron chi connectivity index (χ3n) is 5.98. The molecule has 0 bridgehead atoms. The summed E-state index contributed by atoms with van der Waals surface area (Å²) in [4.78, 5) is 51.7. The number of hydrogen-bond acceptors (Lipinski definition) is 7. The summed E-state index contributed by atoms with van der Waals surface area (Å²) in [5.41, 5.74) is 17.1. The maximum absolute atomic E-state index is 13.2. The van der Waals surface area contributed by atoms with Crippen LogP contribution in [-0.4, -0.2) is 77.5 Å². The predicted molar refractivity (Wildman–Crippen MR) is 125 cm³/mol. The highest BCUT2D eigenvalue weighted by Gasteiger charge is 2.38. The Morgan fingerprint density at radius 1 is 0.939 bits per heavy atom. The molecule has 1 saturated heterocycles. The molecule has 0 aromatic carbocycles. The Bertz CT molecular complexity index is 659. The standard InChI is InChI=1S/C22H42N6O5/c1-14(2)18(25)20(30)26-15(8-3-5-11-23)19(29)27-16(9-4-6-12-24)21(31)28-13-7-10-17(28)22(32)33/h14-18H,3-13,23-25H2,1-2H3,(H,26,30)(H,27,29)(H,32,33). The first-order chi connectivity index (χ1) is 15.6. The molecular formula is C22H42N6O5. The van der Waals surface area contributed by atoms with Gasteiger partial charge in [0.05, 0.1) is 6.04 Å². The van der Waals surface area contributed by atoms with Crippen molar-refractivity contribution in [2.75, 3.05) is 19.6 Å². The van der Waals surface area contributed by atoms with E-state index in [1.807, 2.05) is 13.8 Å². The Morgan fingerprint density at radius 2 is 1.48 bits per heavy atom. The van der Waals surface area contributed by atoms with Crippen molar-refractivity contribution in [3.8, 4) is 0 Å². The fourth-order valence-electron chi connectivity index (χ4n) is 3.84.